The number of hydrogen-bond acceptors (Lipinski definition) is 3. The van der Waals surface area contributed by atoms with Gasteiger partial charge in [-0.2, -0.15) is 0 Å². The molecule has 116 valence electrons. The Morgan fingerprint density at radius 3 is 2.17 bits per heavy atom. The summed E-state index contributed by atoms with van der Waals surface area (Å²) < 4.78 is 18.5. The zero-order chi connectivity index (χ0) is 16.1. The van der Waals surface area contributed by atoms with Gasteiger partial charge in [0.25, 0.3) is 0 Å². The molecule has 0 bridgehead atoms. The topological polar surface area (TPSA) is 42.4 Å². The number of aromatic nitrogens is 1. The molecule has 0 radical (unpaired) electrons. The summed E-state index contributed by atoms with van der Waals surface area (Å²) in [6.45, 7) is 0.0842. The van der Waals surface area contributed by atoms with Gasteiger partial charge < -0.3 is 9.84 Å². The Bertz CT molecular complexity index is 770. The predicted molar refractivity (Wildman–Crippen MR) is 86.9 cm³/mol. The number of ether oxygens (including phenoxy) is 1. The van der Waals surface area contributed by atoms with Crippen LogP contribution in [0.25, 0.3) is 11.3 Å². The van der Waals surface area contributed by atoms with Crippen LogP contribution < -0.4 is 4.74 Å². The molecule has 0 saturated heterocycles. The molecule has 0 aliphatic rings. The molecule has 4 heteroatoms. The smallest absolute Gasteiger partial charge is 0.127 e. The largest absolute Gasteiger partial charge is 0.457 e. The minimum atomic E-state index is -0.290. The Hall–Kier alpha value is -2.72. The Morgan fingerprint density at radius 1 is 0.870 bits per heavy atom. The van der Waals surface area contributed by atoms with Gasteiger partial charge in [-0.25, -0.2) is 4.39 Å². The minimum absolute atomic E-state index is 0.0842. The monoisotopic (exact) mass is 309 g/mol. The highest BCUT2D eigenvalue weighted by molar-refractivity contribution is 5.60. The van der Waals surface area contributed by atoms with Crippen molar-refractivity contribution in [3.63, 3.8) is 0 Å². The summed E-state index contributed by atoms with van der Waals surface area (Å²) in [5.41, 5.74) is 2.68. The molecule has 0 fully saturated rings. The highest BCUT2D eigenvalue weighted by Crippen LogP contribution is 2.25. The summed E-state index contributed by atoms with van der Waals surface area (Å²) in [7, 11) is 0. The molecule has 3 nitrogen and oxygen atoms in total. The molecular weight excluding hydrogens is 293 g/mol. The molecule has 1 N–H and O–H groups in total. The third-order valence-electron chi connectivity index (χ3n) is 3.37. The number of halogens is 1. The highest BCUT2D eigenvalue weighted by atomic mass is 19.1. The van der Waals surface area contributed by atoms with Crippen LogP contribution in [-0.2, 0) is 6.42 Å². The molecule has 1 heterocycles. The summed E-state index contributed by atoms with van der Waals surface area (Å²) in [5, 5.41) is 8.99. The second-order valence-electron chi connectivity index (χ2n) is 5.07. The van der Waals surface area contributed by atoms with Gasteiger partial charge >= 0.3 is 0 Å². The van der Waals surface area contributed by atoms with Crippen molar-refractivity contribution in [2.24, 2.45) is 0 Å². The lowest BCUT2D eigenvalue weighted by molar-refractivity contribution is 0.298. The van der Waals surface area contributed by atoms with Crippen molar-refractivity contribution in [2.75, 3.05) is 6.61 Å². The lowest BCUT2D eigenvalue weighted by atomic mass is 10.1. The van der Waals surface area contributed by atoms with Crippen LogP contribution >= 0.6 is 0 Å². The van der Waals surface area contributed by atoms with Crippen LogP contribution in [0.15, 0.2) is 66.7 Å². The first kappa shape index (κ1) is 15.2. The van der Waals surface area contributed by atoms with E-state index in [4.69, 9.17) is 9.84 Å². The van der Waals surface area contributed by atoms with Gasteiger partial charge in [-0.1, -0.05) is 6.07 Å². The number of aliphatic hydroxyl groups is 1. The molecule has 1 aromatic heterocycles. The van der Waals surface area contributed by atoms with Gasteiger partial charge in [0.05, 0.1) is 5.69 Å². The predicted octanol–water partition coefficient (Wildman–Crippen LogP) is 4.21. The standard InChI is InChI=1S/C19H16FNO2/c20-15-6-10-18(11-7-15)23-17-8-4-14(5-9-17)19-3-1-2-16(21-19)12-13-22/h1-11,22H,12-13H2. The van der Waals surface area contributed by atoms with Crippen LogP contribution in [-0.4, -0.2) is 16.7 Å². The average molecular weight is 309 g/mol. The number of benzene rings is 2. The van der Waals surface area contributed by atoms with Gasteiger partial charge in [-0.3, -0.25) is 4.98 Å². The zero-order valence-electron chi connectivity index (χ0n) is 12.4. The van der Waals surface area contributed by atoms with Crippen molar-refractivity contribution in [1.82, 2.24) is 4.98 Å². The number of rotatable bonds is 5. The molecule has 0 spiro atoms. The van der Waals surface area contributed by atoms with Gasteiger partial charge in [0.1, 0.15) is 17.3 Å². The SMILES string of the molecule is OCCc1cccc(-c2ccc(Oc3ccc(F)cc3)cc2)n1. The fraction of sp³-hybridized carbons (Fsp3) is 0.105. The van der Waals surface area contributed by atoms with E-state index in [1.54, 1.807) is 12.1 Å². The van der Waals surface area contributed by atoms with E-state index in [-0.39, 0.29) is 12.4 Å². The lowest BCUT2D eigenvalue weighted by Gasteiger charge is -2.07. The van der Waals surface area contributed by atoms with E-state index in [1.165, 1.54) is 12.1 Å². The van der Waals surface area contributed by atoms with E-state index in [1.807, 2.05) is 42.5 Å². The van der Waals surface area contributed by atoms with E-state index in [0.717, 1.165) is 17.0 Å². The molecule has 0 saturated carbocycles. The van der Waals surface area contributed by atoms with Crippen LogP contribution in [0, 0.1) is 5.82 Å². The van der Waals surface area contributed by atoms with Gasteiger partial charge in [0.15, 0.2) is 0 Å². The molecule has 2 aromatic carbocycles. The van der Waals surface area contributed by atoms with Gasteiger partial charge in [-0.15, -0.1) is 0 Å². The van der Waals surface area contributed by atoms with Crippen LogP contribution in [0.4, 0.5) is 4.39 Å². The summed E-state index contributed by atoms with van der Waals surface area (Å²) in [6.07, 6.45) is 0.541. The maximum atomic E-state index is 12.9. The molecule has 23 heavy (non-hydrogen) atoms. The molecule has 3 rings (SSSR count). The molecule has 3 aromatic rings. The van der Waals surface area contributed by atoms with Crippen LogP contribution in [0.2, 0.25) is 0 Å². The van der Waals surface area contributed by atoms with E-state index in [0.29, 0.717) is 17.9 Å². The molecule has 0 atom stereocenters. The van der Waals surface area contributed by atoms with Crippen molar-refractivity contribution >= 4 is 0 Å². The second-order valence-corrected chi connectivity index (χ2v) is 5.07. The number of aliphatic hydroxyl groups excluding tert-OH is 1. The van der Waals surface area contributed by atoms with Crippen molar-refractivity contribution in [3.05, 3.63) is 78.2 Å². The maximum Gasteiger partial charge on any atom is 0.127 e. The first-order valence-electron chi connectivity index (χ1n) is 7.35. The first-order chi connectivity index (χ1) is 11.2. The average Bonchev–Trinajstić information content (AvgIpc) is 2.58. The Kier molecular flexibility index (Phi) is 4.64. The molecule has 0 aliphatic heterocycles. The number of pyridine rings is 1. The van der Waals surface area contributed by atoms with E-state index >= 15 is 0 Å². The summed E-state index contributed by atoms with van der Waals surface area (Å²) in [5.74, 6) is 0.968. The molecule has 0 aliphatic carbocycles. The Morgan fingerprint density at radius 2 is 1.52 bits per heavy atom. The Labute approximate surface area is 134 Å². The summed E-state index contributed by atoms with van der Waals surface area (Å²) in [4.78, 5) is 4.51. The van der Waals surface area contributed by atoms with Crippen LogP contribution in [0.3, 0.4) is 0 Å². The van der Waals surface area contributed by atoms with Crippen molar-refractivity contribution in [3.8, 4) is 22.8 Å². The van der Waals surface area contributed by atoms with Crippen LogP contribution in [0.5, 0.6) is 11.5 Å². The maximum absolute atomic E-state index is 12.9. The summed E-state index contributed by atoms with van der Waals surface area (Å²) in [6, 6.07) is 19.2. The van der Waals surface area contributed by atoms with Crippen LogP contribution in [0.1, 0.15) is 5.69 Å². The minimum Gasteiger partial charge on any atom is -0.457 e. The van der Waals surface area contributed by atoms with Gasteiger partial charge in [0.2, 0.25) is 0 Å². The molecule has 0 amide bonds. The molecule has 0 unspecified atom stereocenters. The van der Waals surface area contributed by atoms with E-state index in [9.17, 15) is 4.39 Å². The third kappa shape index (κ3) is 3.93. The fourth-order valence-electron chi connectivity index (χ4n) is 2.23. The van der Waals surface area contributed by atoms with E-state index < -0.39 is 0 Å². The quantitative estimate of drug-likeness (QED) is 0.767. The highest BCUT2D eigenvalue weighted by Gasteiger charge is 2.03. The Balaban J connectivity index is 1.76. The van der Waals surface area contributed by atoms with Gasteiger partial charge in [0, 0.05) is 24.3 Å². The van der Waals surface area contributed by atoms with Crippen molar-refractivity contribution < 1.29 is 14.2 Å². The van der Waals surface area contributed by atoms with Crippen molar-refractivity contribution in [1.29, 1.82) is 0 Å². The summed E-state index contributed by atoms with van der Waals surface area (Å²) >= 11 is 0. The fourth-order valence-corrected chi connectivity index (χ4v) is 2.23. The molecular formula is C19H16FNO2. The first-order valence-corrected chi connectivity index (χ1v) is 7.35. The normalized spacial score (nSPS) is 10.5. The number of nitrogens with zero attached hydrogens (tertiary/aromatic N) is 1. The van der Waals surface area contributed by atoms with Gasteiger partial charge in [-0.05, 0) is 60.7 Å². The third-order valence-corrected chi connectivity index (χ3v) is 3.37. The second kappa shape index (κ2) is 7.03. The lowest BCUT2D eigenvalue weighted by Crippen LogP contribution is -1.95. The van der Waals surface area contributed by atoms with E-state index in [2.05, 4.69) is 4.98 Å². The number of hydrogen-bond donors (Lipinski definition) is 1. The van der Waals surface area contributed by atoms with Crippen molar-refractivity contribution in [2.45, 2.75) is 6.42 Å². The zero-order valence-corrected chi connectivity index (χ0v) is 12.4.